The van der Waals surface area contributed by atoms with Crippen LogP contribution in [0.5, 0.6) is 5.75 Å². The highest BCUT2D eigenvalue weighted by molar-refractivity contribution is 5.99. The van der Waals surface area contributed by atoms with Gasteiger partial charge in [-0.2, -0.15) is 0 Å². The molecule has 32 heavy (non-hydrogen) atoms. The van der Waals surface area contributed by atoms with Gasteiger partial charge in [0.25, 0.3) is 0 Å². The molecule has 0 spiro atoms. The number of ether oxygens (including phenoxy) is 1. The van der Waals surface area contributed by atoms with Crippen LogP contribution in [0.15, 0.2) is 60.6 Å². The van der Waals surface area contributed by atoms with E-state index < -0.39 is 6.10 Å². The van der Waals surface area contributed by atoms with E-state index >= 15 is 0 Å². The van der Waals surface area contributed by atoms with Crippen molar-refractivity contribution < 1.29 is 14.6 Å². The minimum absolute atomic E-state index is 0.0152. The van der Waals surface area contributed by atoms with E-state index in [1.165, 1.54) is 0 Å². The highest BCUT2D eigenvalue weighted by Crippen LogP contribution is 2.37. The quantitative estimate of drug-likeness (QED) is 0.640. The first-order valence-electron chi connectivity index (χ1n) is 11.0. The predicted molar refractivity (Wildman–Crippen MR) is 123 cm³/mol. The van der Waals surface area contributed by atoms with Gasteiger partial charge in [-0.3, -0.25) is 4.79 Å². The number of benzene rings is 2. The van der Waals surface area contributed by atoms with Crippen molar-refractivity contribution >= 4 is 12.0 Å². The molecule has 0 radical (unpaired) electrons. The molecule has 6 nitrogen and oxygen atoms in total. The van der Waals surface area contributed by atoms with Crippen molar-refractivity contribution in [2.45, 2.75) is 38.3 Å². The summed E-state index contributed by atoms with van der Waals surface area (Å²) in [7, 11) is 1.65. The van der Waals surface area contributed by atoms with Crippen LogP contribution in [0.2, 0.25) is 0 Å². The van der Waals surface area contributed by atoms with Gasteiger partial charge in [0.05, 0.1) is 37.0 Å². The molecule has 164 valence electrons. The molecule has 1 fully saturated rings. The highest BCUT2D eigenvalue weighted by atomic mass is 16.5. The van der Waals surface area contributed by atoms with Crippen molar-refractivity contribution in [1.82, 2.24) is 14.5 Å². The zero-order valence-electron chi connectivity index (χ0n) is 18.4. The second-order valence-electron chi connectivity index (χ2n) is 8.54. The zero-order valence-corrected chi connectivity index (χ0v) is 18.4. The van der Waals surface area contributed by atoms with E-state index in [4.69, 9.17) is 4.74 Å². The van der Waals surface area contributed by atoms with E-state index in [0.29, 0.717) is 13.0 Å². The number of imidazole rings is 1. The largest absolute Gasteiger partial charge is 0.495 e. The first kappa shape index (κ1) is 20.5. The normalized spacial score (nSPS) is 21.8. The number of likely N-dealkylation sites (tertiary alicyclic amines) is 1. The van der Waals surface area contributed by atoms with E-state index in [1.807, 2.05) is 71.1 Å². The standard InChI is InChI=1S/C26H27N3O3/c1-17-15-28(16-27-17)22-10-9-18(13-24(22)32-2)12-20-7-5-11-29(26(20)31)23-14-19-6-3-4-8-21(19)25(23)30/h3-4,6,8-10,12-13,15-16,23,25,30H,5,7,11,14H2,1-2H3/t23-,25+/m1/s1. The molecule has 2 aliphatic rings. The fraction of sp³-hybridized carbons (Fsp3) is 0.308. The van der Waals surface area contributed by atoms with E-state index in [9.17, 15) is 9.90 Å². The van der Waals surface area contributed by atoms with Gasteiger partial charge < -0.3 is 19.3 Å². The number of carbonyl (C=O) groups excluding carboxylic acids is 1. The summed E-state index contributed by atoms with van der Waals surface area (Å²) in [4.78, 5) is 19.5. The van der Waals surface area contributed by atoms with Gasteiger partial charge >= 0.3 is 0 Å². The summed E-state index contributed by atoms with van der Waals surface area (Å²) < 4.78 is 7.54. The molecule has 2 aromatic carbocycles. The number of nitrogens with zero attached hydrogens (tertiary/aromatic N) is 3. The zero-order chi connectivity index (χ0) is 22.2. The number of fused-ring (bicyclic) bond motifs is 1. The molecular weight excluding hydrogens is 402 g/mol. The molecule has 1 aromatic heterocycles. The van der Waals surface area contributed by atoms with Crippen molar-refractivity contribution in [3.8, 4) is 11.4 Å². The average molecular weight is 430 g/mol. The Kier molecular flexibility index (Phi) is 5.31. The lowest BCUT2D eigenvalue weighted by Gasteiger charge is -2.35. The third kappa shape index (κ3) is 3.60. The van der Waals surface area contributed by atoms with Crippen molar-refractivity contribution in [1.29, 1.82) is 0 Å². The smallest absolute Gasteiger partial charge is 0.250 e. The van der Waals surface area contributed by atoms with E-state index in [1.54, 1.807) is 13.4 Å². The molecule has 3 aromatic rings. The van der Waals surface area contributed by atoms with Crippen molar-refractivity contribution in [3.05, 3.63) is 82.9 Å². The lowest BCUT2D eigenvalue weighted by molar-refractivity contribution is -0.133. The van der Waals surface area contributed by atoms with Gasteiger partial charge in [-0.15, -0.1) is 0 Å². The summed E-state index contributed by atoms with van der Waals surface area (Å²) >= 11 is 0. The second-order valence-corrected chi connectivity index (χ2v) is 8.54. The molecule has 0 bridgehead atoms. The Balaban J connectivity index is 1.40. The number of amides is 1. The molecule has 5 rings (SSSR count). The summed E-state index contributed by atoms with van der Waals surface area (Å²) in [5, 5.41) is 10.9. The Hall–Kier alpha value is -3.38. The van der Waals surface area contributed by atoms with Gasteiger partial charge in [0.2, 0.25) is 5.91 Å². The maximum atomic E-state index is 13.4. The monoisotopic (exact) mass is 429 g/mol. The molecule has 0 unspecified atom stereocenters. The van der Waals surface area contributed by atoms with Crippen LogP contribution >= 0.6 is 0 Å². The number of piperidine rings is 1. The number of carbonyl (C=O) groups is 1. The second kappa shape index (κ2) is 8.28. The molecule has 1 aliphatic carbocycles. The number of aryl methyl sites for hydroxylation is 1. The average Bonchev–Trinajstić information content (AvgIpc) is 3.38. The van der Waals surface area contributed by atoms with Gasteiger partial charge in [-0.1, -0.05) is 30.3 Å². The number of hydrogen-bond acceptors (Lipinski definition) is 4. The Bertz CT molecular complexity index is 1200. The molecule has 1 aliphatic heterocycles. The van der Waals surface area contributed by atoms with E-state index in [2.05, 4.69) is 4.98 Å². The van der Waals surface area contributed by atoms with E-state index in [0.717, 1.165) is 52.2 Å². The number of hydrogen-bond donors (Lipinski definition) is 1. The Morgan fingerprint density at radius 3 is 2.81 bits per heavy atom. The maximum Gasteiger partial charge on any atom is 0.250 e. The van der Waals surface area contributed by atoms with E-state index in [-0.39, 0.29) is 11.9 Å². The molecular formula is C26H27N3O3. The number of aliphatic hydroxyl groups excluding tert-OH is 1. The van der Waals surface area contributed by atoms with Crippen molar-refractivity contribution in [2.75, 3.05) is 13.7 Å². The van der Waals surface area contributed by atoms with Crippen LogP contribution in [0.25, 0.3) is 11.8 Å². The minimum Gasteiger partial charge on any atom is -0.495 e. The van der Waals surface area contributed by atoms with Crippen LogP contribution in [0.3, 0.4) is 0 Å². The lowest BCUT2D eigenvalue weighted by atomic mass is 9.97. The number of aromatic nitrogens is 2. The van der Waals surface area contributed by atoms with Gasteiger partial charge in [0.15, 0.2) is 0 Å². The summed E-state index contributed by atoms with van der Waals surface area (Å²) in [6, 6.07) is 13.6. The Labute approximate surface area is 187 Å². The molecule has 1 N–H and O–H groups in total. The van der Waals surface area contributed by atoms with Crippen LogP contribution in [-0.2, 0) is 11.2 Å². The summed E-state index contributed by atoms with van der Waals surface area (Å²) in [6.45, 7) is 2.62. The fourth-order valence-electron chi connectivity index (χ4n) is 4.87. The molecule has 6 heteroatoms. The SMILES string of the molecule is COc1cc(C=C2CCCN([C@@H]3Cc4ccccc4[C@@H]3O)C2=O)ccc1-n1cnc(C)c1. The molecule has 1 saturated heterocycles. The number of aliphatic hydroxyl groups is 1. The van der Waals surface area contributed by atoms with Crippen LogP contribution in [0.1, 0.15) is 41.3 Å². The first-order valence-corrected chi connectivity index (χ1v) is 11.0. The summed E-state index contributed by atoms with van der Waals surface area (Å²) in [5.74, 6) is 0.736. The predicted octanol–water partition coefficient (Wildman–Crippen LogP) is 3.85. The van der Waals surface area contributed by atoms with Crippen molar-refractivity contribution in [2.24, 2.45) is 0 Å². The third-order valence-electron chi connectivity index (χ3n) is 6.48. The van der Waals surface area contributed by atoms with Crippen molar-refractivity contribution in [3.63, 3.8) is 0 Å². The van der Waals surface area contributed by atoms with Gasteiger partial charge in [0.1, 0.15) is 5.75 Å². The molecule has 2 atom stereocenters. The fourth-order valence-corrected chi connectivity index (χ4v) is 4.87. The summed E-state index contributed by atoms with van der Waals surface area (Å²) in [5.41, 5.74) is 5.59. The number of methoxy groups -OCH3 is 1. The maximum absolute atomic E-state index is 13.4. The lowest BCUT2D eigenvalue weighted by Crippen LogP contribution is -2.46. The van der Waals surface area contributed by atoms with Crippen LogP contribution in [-0.4, -0.2) is 45.2 Å². The summed E-state index contributed by atoms with van der Waals surface area (Å²) in [6.07, 6.45) is 7.35. The topological polar surface area (TPSA) is 67.6 Å². The van der Waals surface area contributed by atoms with Crippen LogP contribution < -0.4 is 4.74 Å². The molecule has 0 saturated carbocycles. The van der Waals surface area contributed by atoms with Gasteiger partial charge in [-0.25, -0.2) is 4.98 Å². The van der Waals surface area contributed by atoms with Crippen LogP contribution in [0, 0.1) is 6.92 Å². The third-order valence-corrected chi connectivity index (χ3v) is 6.48. The number of rotatable bonds is 4. The first-order chi connectivity index (χ1) is 15.5. The Morgan fingerprint density at radius 2 is 2.06 bits per heavy atom. The molecule has 2 heterocycles. The Morgan fingerprint density at radius 1 is 1.22 bits per heavy atom. The molecule has 1 amide bonds. The van der Waals surface area contributed by atoms with Gasteiger partial charge in [0, 0.05) is 18.3 Å². The van der Waals surface area contributed by atoms with Gasteiger partial charge in [-0.05, 0) is 61.1 Å². The highest BCUT2D eigenvalue weighted by Gasteiger charge is 2.39. The minimum atomic E-state index is -0.632. The van der Waals surface area contributed by atoms with Crippen LogP contribution in [0.4, 0.5) is 0 Å².